The summed E-state index contributed by atoms with van der Waals surface area (Å²) in [5, 5.41) is 7.60. The third-order valence-electron chi connectivity index (χ3n) is 5.22. The molecule has 0 aliphatic heterocycles. The molecular formula is C25H32N6O. The summed E-state index contributed by atoms with van der Waals surface area (Å²) in [7, 11) is 1.99. The normalized spacial score (nSPS) is 12.0. The zero-order valence-corrected chi connectivity index (χ0v) is 19.8. The number of aromatic nitrogens is 3. The van der Waals surface area contributed by atoms with Crippen LogP contribution in [0.25, 0.3) is 0 Å². The van der Waals surface area contributed by atoms with Crippen molar-refractivity contribution in [3.8, 4) is 0 Å². The van der Waals surface area contributed by atoms with Crippen molar-refractivity contribution in [1.82, 2.24) is 19.5 Å². The minimum absolute atomic E-state index is 0.0453. The maximum Gasteiger partial charge on any atom is 0.256 e. The van der Waals surface area contributed by atoms with Crippen LogP contribution in [0, 0.1) is 6.92 Å². The summed E-state index contributed by atoms with van der Waals surface area (Å²) in [5.74, 6) is 1.87. The second-order valence-corrected chi connectivity index (χ2v) is 8.85. The highest BCUT2D eigenvalue weighted by molar-refractivity contribution is 6.03. The number of nitrogens with one attached hydrogen (secondary N) is 1. The lowest BCUT2D eigenvalue weighted by Gasteiger charge is -2.20. The molecule has 0 bridgehead atoms. The summed E-state index contributed by atoms with van der Waals surface area (Å²) in [5.41, 5.74) is 2.80. The lowest BCUT2D eigenvalue weighted by molar-refractivity contribution is 0.102. The SMILES string of the molecule is CC/C(=N\n1cc(NC(=O)c2ccc(C(C)(C)C)cc2)nc1C)N(C)Cc1ccccn1. The second-order valence-electron chi connectivity index (χ2n) is 8.85. The molecule has 32 heavy (non-hydrogen) atoms. The van der Waals surface area contributed by atoms with Gasteiger partial charge in [-0.2, -0.15) is 5.10 Å². The Balaban J connectivity index is 1.72. The summed E-state index contributed by atoms with van der Waals surface area (Å²) < 4.78 is 1.70. The molecule has 0 spiro atoms. The number of aryl methyl sites for hydroxylation is 1. The van der Waals surface area contributed by atoms with E-state index in [-0.39, 0.29) is 11.3 Å². The third kappa shape index (κ3) is 5.81. The molecule has 1 N–H and O–H groups in total. The van der Waals surface area contributed by atoms with Crippen LogP contribution in [-0.2, 0) is 12.0 Å². The van der Waals surface area contributed by atoms with Gasteiger partial charge >= 0.3 is 0 Å². The van der Waals surface area contributed by atoms with E-state index in [1.807, 2.05) is 56.4 Å². The Bertz CT molecular complexity index is 1080. The van der Waals surface area contributed by atoms with Gasteiger partial charge in [0.2, 0.25) is 0 Å². The Kier molecular flexibility index (Phi) is 7.08. The van der Waals surface area contributed by atoms with Crippen LogP contribution in [0.4, 0.5) is 5.82 Å². The predicted octanol–water partition coefficient (Wildman–Crippen LogP) is 4.84. The largest absolute Gasteiger partial charge is 0.356 e. The van der Waals surface area contributed by atoms with Crippen LogP contribution in [-0.4, -0.2) is 38.3 Å². The van der Waals surface area contributed by atoms with Crippen LogP contribution in [0.15, 0.2) is 60.0 Å². The first kappa shape index (κ1) is 23.2. The molecule has 0 atom stereocenters. The van der Waals surface area contributed by atoms with Gasteiger partial charge in [-0.15, -0.1) is 0 Å². The number of amides is 1. The van der Waals surface area contributed by atoms with Crippen LogP contribution >= 0.6 is 0 Å². The number of hydrogen-bond donors (Lipinski definition) is 1. The van der Waals surface area contributed by atoms with E-state index >= 15 is 0 Å². The Hall–Kier alpha value is -3.48. The van der Waals surface area contributed by atoms with E-state index in [0.717, 1.165) is 18.0 Å². The monoisotopic (exact) mass is 432 g/mol. The first-order valence-electron chi connectivity index (χ1n) is 10.8. The van der Waals surface area contributed by atoms with E-state index in [4.69, 9.17) is 5.10 Å². The van der Waals surface area contributed by atoms with E-state index in [1.54, 1.807) is 17.1 Å². The van der Waals surface area contributed by atoms with Crippen LogP contribution in [0.1, 0.15) is 61.6 Å². The van der Waals surface area contributed by atoms with Crippen molar-refractivity contribution in [3.05, 3.63) is 77.5 Å². The van der Waals surface area contributed by atoms with Gasteiger partial charge in [-0.25, -0.2) is 9.66 Å². The van der Waals surface area contributed by atoms with Crippen LogP contribution in [0.2, 0.25) is 0 Å². The maximum absolute atomic E-state index is 12.7. The van der Waals surface area contributed by atoms with Gasteiger partial charge in [0.25, 0.3) is 5.91 Å². The van der Waals surface area contributed by atoms with Gasteiger partial charge in [0, 0.05) is 25.2 Å². The summed E-state index contributed by atoms with van der Waals surface area (Å²) in [6.07, 6.45) is 4.28. The Morgan fingerprint density at radius 3 is 2.47 bits per heavy atom. The molecule has 0 saturated heterocycles. The zero-order valence-electron chi connectivity index (χ0n) is 19.8. The first-order valence-corrected chi connectivity index (χ1v) is 10.8. The molecular weight excluding hydrogens is 400 g/mol. The molecule has 0 radical (unpaired) electrons. The average Bonchev–Trinajstić information content (AvgIpc) is 3.10. The number of carbonyl (C=O) groups is 1. The molecule has 2 aromatic heterocycles. The molecule has 3 rings (SSSR count). The van der Waals surface area contributed by atoms with Crippen LogP contribution in [0.3, 0.4) is 0 Å². The van der Waals surface area contributed by atoms with E-state index < -0.39 is 0 Å². The number of amidine groups is 1. The molecule has 168 valence electrons. The highest BCUT2D eigenvalue weighted by Crippen LogP contribution is 2.22. The van der Waals surface area contributed by atoms with Crippen LogP contribution in [0.5, 0.6) is 0 Å². The maximum atomic E-state index is 12.7. The summed E-state index contributed by atoms with van der Waals surface area (Å²) >= 11 is 0. The first-order chi connectivity index (χ1) is 15.2. The zero-order chi connectivity index (χ0) is 23.3. The van der Waals surface area contributed by atoms with Crippen molar-refractivity contribution in [1.29, 1.82) is 0 Å². The predicted molar refractivity (Wildman–Crippen MR) is 129 cm³/mol. The quantitative estimate of drug-likeness (QED) is 0.447. The molecule has 0 aliphatic carbocycles. The van der Waals surface area contributed by atoms with E-state index in [1.165, 1.54) is 5.56 Å². The molecule has 7 nitrogen and oxygen atoms in total. The number of rotatable bonds is 6. The molecule has 3 aromatic rings. The highest BCUT2D eigenvalue weighted by atomic mass is 16.1. The van der Waals surface area contributed by atoms with Gasteiger partial charge in [-0.05, 0) is 42.2 Å². The van der Waals surface area contributed by atoms with Crippen molar-refractivity contribution < 1.29 is 4.79 Å². The lowest BCUT2D eigenvalue weighted by Crippen LogP contribution is -2.27. The molecule has 0 aliphatic rings. The summed E-state index contributed by atoms with van der Waals surface area (Å²) in [4.78, 5) is 23.6. The van der Waals surface area contributed by atoms with E-state index in [9.17, 15) is 4.79 Å². The van der Waals surface area contributed by atoms with Crippen molar-refractivity contribution in [3.63, 3.8) is 0 Å². The highest BCUT2D eigenvalue weighted by Gasteiger charge is 2.15. The number of pyridine rings is 1. The van der Waals surface area contributed by atoms with Gasteiger partial charge < -0.3 is 10.2 Å². The van der Waals surface area contributed by atoms with Gasteiger partial charge in [-0.1, -0.05) is 45.9 Å². The number of imidazole rings is 1. The number of carbonyl (C=O) groups excluding carboxylic acids is 1. The fourth-order valence-corrected chi connectivity index (χ4v) is 3.30. The third-order valence-corrected chi connectivity index (χ3v) is 5.22. The smallest absolute Gasteiger partial charge is 0.256 e. The average molecular weight is 433 g/mol. The number of hydrogen-bond acceptors (Lipinski definition) is 4. The fourth-order valence-electron chi connectivity index (χ4n) is 3.30. The summed E-state index contributed by atoms with van der Waals surface area (Å²) in [6.45, 7) is 11.0. The topological polar surface area (TPSA) is 75.4 Å². The van der Waals surface area contributed by atoms with Crippen molar-refractivity contribution >= 4 is 17.6 Å². The second kappa shape index (κ2) is 9.77. The van der Waals surface area contributed by atoms with Gasteiger partial charge in [-0.3, -0.25) is 9.78 Å². The molecule has 1 aromatic carbocycles. The number of nitrogens with zero attached hydrogens (tertiary/aromatic N) is 5. The molecule has 2 heterocycles. The van der Waals surface area contributed by atoms with Gasteiger partial charge in [0.05, 0.1) is 18.4 Å². The molecule has 0 fully saturated rings. The molecule has 0 saturated carbocycles. The van der Waals surface area contributed by atoms with Crippen molar-refractivity contribution in [2.24, 2.45) is 5.10 Å². The van der Waals surface area contributed by atoms with Crippen LogP contribution < -0.4 is 5.32 Å². The van der Waals surface area contributed by atoms with Gasteiger partial charge in [0.1, 0.15) is 11.7 Å². The standard InChI is InChI=1S/C25H32N6O/c1-7-23(30(6)16-21-10-8-9-15-26-21)29-31-17-22(27-18(31)2)28-24(32)19-11-13-20(14-12-19)25(3,4)5/h8-15,17H,7,16H2,1-6H3,(H,28,32)/b29-23+. The minimum Gasteiger partial charge on any atom is -0.356 e. The Morgan fingerprint density at radius 2 is 1.88 bits per heavy atom. The molecule has 0 unspecified atom stereocenters. The lowest BCUT2D eigenvalue weighted by atomic mass is 9.87. The van der Waals surface area contributed by atoms with Crippen molar-refractivity contribution in [2.75, 3.05) is 12.4 Å². The van der Waals surface area contributed by atoms with Gasteiger partial charge in [0.15, 0.2) is 5.82 Å². The fraction of sp³-hybridized carbons (Fsp3) is 0.360. The number of anilines is 1. The molecule has 1 amide bonds. The van der Waals surface area contributed by atoms with E-state index in [2.05, 4.69) is 47.9 Å². The summed E-state index contributed by atoms with van der Waals surface area (Å²) in [6, 6.07) is 13.6. The van der Waals surface area contributed by atoms with Crippen molar-refractivity contribution in [2.45, 2.75) is 53.0 Å². The molecule has 7 heteroatoms. The minimum atomic E-state index is -0.193. The number of benzene rings is 1. The Labute approximate surface area is 190 Å². The Morgan fingerprint density at radius 1 is 1.16 bits per heavy atom. The van der Waals surface area contributed by atoms with E-state index in [0.29, 0.717) is 23.8 Å².